The van der Waals surface area contributed by atoms with Crippen molar-refractivity contribution in [1.82, 2.24) is 10.2 Å². The maximum Gasteiger partial charge on any atom is 0.265 e. The molecule has 0 atom stereocenters. The van der Waals surface area contributed by atoms with Crippen LogP contribution in [0.4, 0.5) is 5.69 Å². The Morgan fingerprint density at radius 3 is 2.40 bits per heavy atom. The molecule has 0 aliphatic rings. The number of hydrogen-bond donors (Lipinski definition) is 2. The van der Waals surface area contributed by atoms with Crippen molar-refractivity contribution in [3.8, 4) is 5.75 Å². The number of nitrogens with zero attached hydrogens (tertiary/aromatic N) is 1. The fourth-order valence-corrected chi connectivity index (χ4v) is 2.89. The lowest BCUT2D eigenvalue weighted by Crippen LogP contribution is -2.13. The van der Waals surface area contributed by atoms with Gasteiger partial charge in [0.05, 0.1) is 18.0 Å². The first-order chi connectivity index (χ1) is 9.38. The quantitative estimate of drug-likeness (QED) is 0.886. The summed E-state index contributed by atoms with van der Waals surface area (Å²) < 4.78 is 32.3. The molecular formula is C13H17N3O3S. The molecule has 20 heavy (non-hydrogen) atoms. The predicted molar refractivity (Wildman–Crippen MR) is 76.3 cm³/mol. The molecule has 0 unspecified atom stereocenters. The van der Waals surface area contributed by atoms with E-state index in [9.17, 15) is 8.42 Å². The van der Waals surface area contributed by atoms with Crippen LogP contribution in [0.15, 0.2) is 35.4 Å². The van der Waals surface area contributed by atoms with Crippen molar-refractivity contribution >= 4 is 15.7 Å². The van der Waals surface area contributed by atoms with Crippen molar-refractivity contribution in [2.45, 2.75) is 31.8 Å². The second-order valence-electron chi connectivity index (χ2n) is 4.66. The molecule has 6 nitrogen and oxygen atoms in total. The van der Waals surface area contributed by atoms with E-state index < -0.39 is 10.0 Å². The van der Waals surface area contributed by atoms with Gasteiger partial charge in [0.2, 0.25) is 0 Å². The number of benzene rings is 1. The van der Waals surface area contributed by atoms with Gasteiger partial charge in [-0.2, -0.15) is 5.10 Å². The SMILES string of the molecule is Cc1[nH]ncc1S(=O)(=O)Nc1ccc(OC(C)C)cc1. The second-order valence-corrected chi connectivity index (χ2v) is 6.31. The topological polar surface area (TPSA) is 84.1 Å². The van der Waals surface area contributed by atoms with Crippen molar-refractivity contribution in [2.75, 3.05) is 4.72 Å². The first-order valence-corrected chi connectivity index (χ1v) is 7.66. The molecule has 0 aliphatic carbocycles. The van der Waals surface area contributed by atoms with Gasteiger partial charge < -0.3 is 4.74 Å². The van der Waals surface area contributed by atoms with Crippen molar-refractivity contribution in [1.29, 1.82) is 0 Å². The van der Waals surface area contributed by atoms with Crippen molar-refractivity contribution < 1.29 is 13.2 Å². The van der Waals surface area contributed by atoms with Crippen LogP contribution in [0.5, 0.6) is 5.75 Å². The summed E-state index contributed by atoms with van der Waals surface area (Å²) in [5.74, 6) is 0.697. The number of aromatic amines is 1. The lowest BCUT2D eigenvalue weighted by Gasteiger charge is -2.11. The number of aryl methyl sites for hydroxylation is 1. The maximum absolute atomic E-state index is 12.1. The van der Waals surface area contributed by atoms with Gasteiger partial charge in [-0.25, -0.2) is 8.42 Å². The van der Waals surface area contributed by atoms with Crippen LogP contribution in [0, 0.1) is 6.92 Å². The van der Waals surface area contributed by atoms with Gasteiger partial charge in [-0.05, 0) is 45.0 Å². The van der Waals surface area contributed by atoms with Gasteiger partial charge in [0.25, 0.3) is 10.0 Å². The summed E-state index contributed by atoms with van der Waals surface area (Å²) in [7, 11) is -3.62. The first-order valence-electron chi connectivity index (χ1n) is 6.18. The molecule has 2 N–H and O–H groups in total. The van der Waals surface area contributed by atoms with Crippen molar-refractivity contribution in [2.24, 2.45) is 0 Å². The molecule has 1 aromatic heterocycles. The molecule has 0 spiro atoms. The summed E-state index contributed by atoms with van der Waals surface area (Å²) in [6.45, 7) is 5.51. The minimum atomic E-state index is -3.62. The Balaban J connectivity index is 2.16. The third-order valence-corrected chi connectivity index (χ3v) is 4.05. The maximum atomic E-state index is 12.1. The summed E-state index contributed by atoms with van der Waals surface area (Å²) in [5.41, 5.74) is 0.971. The highest BCUT2D eigenvalue weighted by atomic mass is 32.2. The smallest absolute Gasteiger partial charge is 0.265 e. The fourth-order valence-electron chi connectivity index (χ4n) is 1.69. The normalized spacial score (nSPS) is 11.6. The van der Waals surface area contributed by atoms with Gasteiger partial charge in [0.1, 0.15) is 10.6 Å². The molecular weight excluding hydrogens is 278 g/mol. The van der Waals surface area contributed by atoms with Crippen LogP contribution in [-0.4, -0.2) is 24.7 Å². The lowest BCUT2D eigenvalue weighted by atomic mass is 10.3. The monoisotopic (exact) mass is 295 g/mol. The zero-order valence-electron chi connectivity index (χ0n) is 11.5. The van der Waals surface area contributed by atoms with E-state index in [4.69, 9.17) is 4.74 Å². The van der Waals surface area contributed by atoms with E-state index in [1.807, 2.05) is 13.8 Å². The lowest BCUT2D eigenvalue weighted by molar-refractivity contribution is 0.242. The van der Waals surface area contributed by atoms with Gasteiger partial charge in [-0.1, -0.05) is 0 Å². The first kappa shape index (κ1) is 14.4. The number of nitrogens with one attached hydrogen (secondary N) is 2. The van der Waals surface area contributed by atoms with Gasteiger partial charge in [-0.3, -0.25) is 9.82 Å². The van der Waals surface area contributed by atoms with Gasteiger partial charge in [-0.15, -0.1) is 0 Å². The van der Waals surface area contributed by atoms with Crippen molar-refractivity contribution in [3.63, 3.8) is 0 Å². The Morgan fingerprint density at radius 2 is 1.90 bits per heavy atom. The molecule has 0 fully saturated rings. The number of H-pyrrole nitrogens is 1. The average molecular weight is 295 g/mol. The highest BCUT2D eigenvalue weighted by Crippen LogP contribution is 2.20. The van der Waals surface area contributed by atoms with Crippen LogP contribution in [0.3, 0.4) is 0 Å². The second kappa shape index (κ2) is 5.54. The largest absolute Gasteiger partial charge is 0.491 e. The molecule has 0 bridgehead atoms. The van der Waals surface area contributed by atoms with Gasteiger partial charge in [0.15, 0.2) is 0 Å². The van der Waals surface area contributed by atoms with E-state index in [2.05, 4.69) is 14.9 Å². The van der Waals surface area contributed by atoms with E-state index in [1.54, 1.807) is 31.2 Å². The molecule has 2 aromatic rings. The summed E-state index contributed by atoms with van der Waals surface area (Å²) in [6.07, 6.45) is 1.36. The summed E-state index contributed by atoms with van der Waals surface area (Å²) in [6, 6.07) is 6.76. The number of sulfonamides is 1. The highest BCUT2D eigenvalue weighted by Gasteiger charge is 2.18. The number of rotatable bonds is 5. The Hall–Kier alpha value is -2.02. The predicted octanol–water partition coefficient (Wildman–Crippen LogP) is 2.31. The number of anilines is 1. The molecule has 2 rings (SSSR count). The number of ether oxygens (including phenoxy) is 1. The third kappa shape index (κ3) is 3.30. The molecule has 0 radical (unpaired) electrons. The standard InChI is InChI=1S/C13H17N3O3S/c1-9(2)19-12-6-4-11(5-7-12)16-20(17,18)13-8-14-15-10(13)3/h4-9,16H,1-3H3,(H,14,15). The Kier molecular flexibility index (Phi) is 3.99. The molecule has 0 aliphatic heterocycles. The molecule has 1 heterocycles. The van der Waals surface area contributed by atoms with Crippen LogP contribution in [0.1, 0.15) is 19.5 Å². The third-order valence-electron chi connectivity index (χ3n) is 2.55. The Labute approximate surface area is 118 Å². The van der Waals surface area contributed by atoms with Crippen LogP contribution in [0.2, 0.25) is 0 Å². The van der Waals surface area contributed by atoms with E-state index >= 15 is 0 Å². The minimum absolute atomic E-state index is 0.0751. The average Bonchev–Trinajstić information content (AvgIpc) is 2.78. The Morgan fingerprint density at radius 1 is 1.25 bits per heavy atom. The molecule has 0 amide bonds. The van der Waals surface area contributed by atoms with Crippen LogP contribution >= 0.6 is 0 Å². The highest BCUT2D eigenvalue weighted by molar-refractivity contribution is 7.92. The molecule has 0 saturated heterocycles. The van der Waals surface area contributed by atoms with E-state index in [1.165, 1.54) is 6.20 Å². The molecule has 1 aromatic carbocycles. The molecule has 7 heteroatoms. The van der Waals surface area contributed by atoms with E-state index in [-0.39, 0.29) is 11.0 Å². The van der Waals surface area contributed by atoms with Crippen LogP contribution < -0.4 is 9.46 Å². The van der Waals surface area contributed by atoms with Gasteiger partial charge in [0, 0.05) is 5.69 Å². The zero-order chi connectivity index (χ0) is 14.8. The molecule has 108 valence electrons. The summed E-state index contributed by atoms with van der Waals surface area (Å²) in [4.78, 5) is 0.139. The van der Waals surface area contributed by atoms with Crippen LogP contribution in [-0.2, 0) is 10.0 Å². The minimum Gasteiger partial charge on any atom is -0.491 e. The number of hydrogen-bond acceptors (Lipinski definition) is 4. The van der Waals surface area contributed by atoms with Gasteiger partial charge >= 0.3 is 0 Å². The molecule has 0 saturated carbocycles. The number of aromatic nitrogens is 2. The van der Waals surface area contributed by atoms with E-state index in [0.717, 1.165) is 0 Å². The van der Waals surface area contributed by atoms with Crippen molar-refractivity contribution in [3.05, 3.63) is 36.2 Å². The zero-order valence-corrected chi connectivity index (χ0v) is 12.4. The van der Waals surface area contributed by atoms with E-state index in [0.29, 0.717) is 17.1 Å². The summed E-state index contributed by atoms with van der Waals surface area (Å²) >= 11 is 0. The Bertz CT molecular complexity index is 675. The summed E-state index contributed by atoms with van der Waals surface area (Å²) in [5, 5.41) is 6.31. The van der Waals surface area contributed by atoms with Crippen LogP contribution in [0.25, 0.3) is 0 Å². The fraction of sp³-hybridized carbons (Fsp3) is 0.308.